The van der Waals surface area contributed by atoms with E-state index in [0.717, 1.165) is 23.9 Å². The Balaban J connectivity index is 1.46. The molecule has 0 bridgehead atoms. The van der Waals surface area contributed by atoms with Gasteiger partial charge in [0, 0.05) is 30.6 Å². The number of pyridine rings is 2. The SMILES string of the molecule is O=C(Nc1ccc(S(=O)(=O)c2cc(F)cc(F)c2)cn1)[C@H]1C[C@@H]1c1cccnc1. The number of anilines is 1. The average molecular weight is 415 g/mol. The lowest BCUT2D eigenvalue weighted by atomic mass is 10.1. The molecule has 1 N–H and O–H groups in total. The summed E-state index contributed by atoms with van der Waals surface area (Å²) in [6.07, 6.45) is 5.14. The summed E-state index contributed by atoms with van der Waals surface area (Å²) in [7, 11) is -4.14. The van der Waals surface area contributed by atoms with Gasteiger partial charge in [-0.2, -0.15) is 0 Å². The maximum Gasteiger partial charge on any atom is 0.229 e. The molecule has 2 heterocycles. The van der Waals surface area contributed by atoms with E-state index in [-0.39, 0.29) is 28.5 Å². The molecule has 1 aliphatic rings. The number of carbonyl (C=O) groups is 1. The van der Waals surface area contributed by atoms with Crippen molar-refractivity contribution in [1.29, 1.82) is 0 Å². The molecule has 1 amide bonds. The molecular weight excluding hydrogens is 400 g/mol. The fourth-order valence-electron chi connectivity index (χ4n) is 3.10. The van der Waals surface area contributed by atoms with E-state index in [4.69, 9.17) is 0 Å². The van der Waals surface area contributed by atoms with Gasteiger partial charge < -0.3 is 5.32 Å². The number of carbonyl (C=O) groups excluding carboxylic acids is 1. The zero-order valence-electron chi connectivity index (χ0n) is 14.9. The molecule has 1 fully saturated rings. The number of hydrogen-bond donors (Lipinski definition) is 1. The molecular formula is C20H15F2N3O3S. The number of rotatable bonds is 5. The third-order valence-corrected chi connectivity index (χ3v) is 6.40. The third-order valence-electron chi connectivity index (χ3n) is 4.68. The topological polar surface area (TPSA) is 89.0 Å². The van der Waals surface area contributed by atoms with Crippen LogP contribution in [0, 0.1) is 17.6 Å². The maximum atomic E-state index is 13.3. The Hall–Kier alpha value is -3.20. The van der Waals surface area contributed by atoms with Crippen LogP contribution in [0.25, 0.3) is 0 Å². The van der Waals surface area contributed by atoms with Gasteiger partial charge in [0.05, 0.1) is 9.79 Å². The molecule has 1 aromatic carbocycles. The standard InChI is InChI=1S/C20H15F2N3O3S/c21-13-6-14(22)8-16(7-13)29(27,28)15-3-4-19(24-11-15)25-20(26)18-9-17(18)12-2-1-5-23-10-12/h1-8,10-11,17-18H,9H2,(H,24,25,26)/t17-,18+/m1/s1. The van der Waals surface area contributed by atoms with E-state index in [9.17, 15) is 22.0 Å². The monoisotopic (exact) mass is 415 g/mol. The Labute approximate surface area is 165 Å². The molecule has 29 heavy (non-hydrogen) atoms. The van der Waals surface area contributed by atoms with Crippen molar-refractivity contribution in [3.8, 4) is 0 Å². The minimum atomic E-state index is -4.14. The Kier molecular flexibility index (Phi) is 4.83. The molecule has 0 aliphatic heterocycles. The molecule has 0 saturated heterocycles. The highest BCUT2D eigenvalue weighted by atomic mass is 32.2. The predicted octanol–water partition coefficient (Wildman–Crippen LogP) is 3.33. The zero-order chi connectivity index (χ0) is 20.6. The van der Waals surface area contributed by atoms with Crippen molar-refractivity contribution in [2.75, 3.05) is 5.32 Å². The summed E-state index contributed by atoms with van der Waals surface area (Å²) in [4.78, 5) is 19.6. The Morgan fingerprint density at radius 2 is 1.79 bits per heavy atom. The van der Waals surface area contributed by atoms with Crippen LogP contribution in [0.4, 0.5) is 14.6 Å². The van der Waals surface area contributed by atoms with E-state index in [1.54, 1.807) is 12.4 Å². The lowest BCUT2D eigenvalue weighted by Crippen LogP contribution is -2.15. The fraction of sp³-hybridized carbons (Fsp3) is 0.150. The van der Waals surface area contributed by atoms with Crippen molar-refractivity contribution in [1.82, 2.24) is 9.97 Å². The van der Waals surface area contributed by atoms with Gasteiger partial charge in [0.15, 0.2) is 0 Å². The first-order valence-electron chi connectivity index (χ1n) is 8.72. The van der Waals surface area contributed by atoms with Crippen molar-refractivity contribution < 1.29 is 22.0 Å². The smallest absolute Gasteiger partial charge is 0.229 e. The number of halogens is 2. The molecule has 9 heteroatoms. The molecule has 1 saturated carbocycles. The van der Waals surface area contributed by atoms with Crippen LogP contribution >= 0.6 is 0 Å². The van der Waals surface area contributed by atoms with E-state index < -0.39 is 26.4 Å². The lowest BCUT2D eigenvalue weighted by Gasteiger charge is -2.07. The van der Waals surface area contributed by atoms with Gasteiger partial charge in [-0.15, -0.1) is 0 Å². The van der Waals surface area contributed by atoms with Crippen LogP contribution in [0.1, 0.15) is 17.9 Å². The molecule has 1 aliphatic carbocycles. The van der Waals surface area contributed by atoms with Crippen molar-refractivity contribution in [3.05, 3.63) is 78.3 Å². The van der Waals surface area contributed by atoms with Gasteiger partial charge in [0.1, 0.15) is 17.5 Å². The lowest BCUT2D eigenvalue weighted by molar-refractivity contribution is -0.117. The van der Waals surface area contributed by atoms with E-state index in [2.05, 4.69) is 15.3 Å². The van der Waals surface area contributed by atoms with Gasteiger partial charge >= 0.3 is 0 Å². The van der Waals surface area contributed by atoms with Crippen LogP contribution in [0.2, 0.25) is 0 Å². The molecule has 0 radical (unpaired) electrons. The van der Waals surface area contributed by atoms with Crippen molar-refractivity contribution in [2.45, 2.75) is 22.1 Å². The molecule has 4 rings (SSSR count). The predicted molar refractivity (Wildman–Crippen MR) is 99.8 cm³/mol. The molecule has 0 unspecified atom stereocenters. The fourth-order valence-corrected chi connectivity index (χ4v) is 4.35. The number of amides is 1. The van der Waals surface area contributed by atoms with Crippen LogP contribution < -0.4 is 5.32 Å². The summed E-state index contributed by atoms with van der Waals surface area (Å²) in [6, 6.07) is 8.35. The molecule has 6 nitrogen and oxygen atoms in total. The number of aromatic nitrogens is 2. The Morgan fingerprint density at radius 1 is 1.03 bits per heavy atom. The number of nitrogens with zero attached hydrogens (tertiary/aromatic N) is 2. The van der Waals surface area contributed by atoms with E-state index >= 15 is 0 Å². The van der Waals surface area contributed by atoms with Crippen molar-refractivity contribution in [2.24, 2.45) is 5.92 Å². The molecule has 0 spiro atoms. The zero-order valence-corrected chi connectivity index (χ0v) is 15.7. The first-order chi connectivity index (χ1) is 13.8. The van der Waals surface area contributed by atoms with Gasteiger partial charge in [-0.25, -0.2) is 22.2 Å². The van der Waals surface area contributed by atoms with Crippen molar-refractivity contribution >= 4 is 21.6 Å². The van der Waals surface area contributed by atoms with E-state index in [1.165, 1.54) is 12.1 Å². The number of hydrogen-bond acceptors (Lipinski definition) is 5. The summed E-state index contributed by atoms with van der Waals surface area (Å²) >= 11 is 0. The van der Waals surface area contributed by atoms with Gasteiger partial charge in [0.2, 0.25) is 15.7 Å². The number of sulfone groups is 1. The Morgan fingerprint density at radius 3 is 2.41 bits per heavy atom. The van der Waals surface area contributed by atoms with Crippen molar-refractivity contribution in [3.63, 3.8) is 0 Å². The highest BCUT2D eigenvalue weighted by Crippen LogP contribution is 2.47. The van der Waals surface area contributed by atoms with Crippen LogP contribution in [0.15, 0.2) is 70.8 Å². The molecule has 148 valence electrons. The van der Waals surface area contributed by atoms with Gasteiger partial charge in [-0.1, -0.05) is 6.07 Å². The number of benzene rings is 1. The van der Waals surface area contributed by atoms with Crippen LogP contribution in [0.3, 0.4) is 0 Å². The summed E-state index contributed by atoms with van der Waals surface area (Å²) in [5, 5.41) is 2.65. The second-order valence-electron chi connectivity index (χ2n) is 6.71. The van der Waals surface area contributed by atoms with Gasteiger partial charge in [-0.3, -0.25) is 9.78 Å². The maximum absolute atomic E-state index is 13.3. The van der Waals surface area contributed by atoms with Crippen LogP contribution in [-0.2, 0) is 14.6 Å². The van der Waals surface area contributed by atoms with Crippen LogP contribution in [0.5, 0.6) is 0 Å². The second kappa shape index (κ2) is 7.32. The molecule has 2 atom stereocenters. The minimum absolute atomic E-state index is 0.103. The minimum Gasteiger partial charge on any atom is -0.310 e. The van der Waals surface area contributed by atoms with E-state index in [0.29, 0.717) is 12.5 Å². The Bertz CT molecular complexity index is 1150. The van der Waals surface area contributed by atoms with Gasteiger partial charge in [0.25, 0.3) is 0 Å². The van der Waals surface area contributed by atoms with Crippen LogP contribution in [-0.4, -0.2) is 24.3 Å². The third kappa shape index (κ3) is 4.00. The van der Waals surface area contributed by atoms with E-state index in [1.807, 2.05) is 12.1 Å². The summed E-state index contributed by atoms with van der Waals surface area (Å²) in [5.74, 6) is -2.10. The quantitative estimate of drug-likeness (QED) is 0.691. The summed E-state index contributed by atoms with van der Waals surface area (Å²) < 4.78 is 51.7. The summed E-state index contributed by atoms with van der Waals surface area (Å²) in [5.41, 5.74) is 0.990. The highest BCUT2D eigenvalue weighted by Gasteiger charge is 2.44. The average Bonchev–Trinajstić information content (AvgIpc) is 3.49. The largest absolute Gasteiger partial charge is 0.310 e. The normalized spacial score (nSPS) is 18.3. The first kappa shape index (κ1) is 19.1. The molecule has 3 aromatic rings. The number of nitrogens with one attached hydrogen (secondary N) is 1. The highest BCUT2D eigenvalue weighted by molar-refractivity contribution is 7.91. The second-order valence-corrected chi connectivity index (χ2v) is 8.66. The summed E-state index contributed by atoms with van der Waals surface area (Å²) in [6.45, 7) is 0. The van der Waals surface area contributed by atoms with Gasteiger partial charge in [-0.05, 0) is 48.2 Å². The molecule has 2 aromatic heterocycles. The first-order valence-corrected chi connectivity index (χ1v) is 10.2.